The van der Waals surface area contributed by atoms with Gasteiger partial charge >= 0.3 is 18.5 Å². The van der Waals surface area contributed by atoms with Gasteiger partial charge in [0, 0.05) is 6.07 Å². The van der Waals surface area contributed by atoms with Gasteiger partial charge in [-0.3, -0.25) is 9.36 Å². The lowest BCUT2D eigenvalue weighted by atomic mass is 10.1. The smallest absolute Gasteiger partial charge is 0.397 e. The SMILES string of the molecule is Nc1cc(C(F)(F)F)cc(C(F)(F)F)c1-n1cnc(C(F)(F)F)cc1=O. The summed E-state index contributed by atoms with van der Waals surface area (Å²) in [5.74, 6) is 0. The normalized spacial score (nSPS) is 13.1. The topological polar surface area (TPSA) is 60.9 Å². The van der Waals surface area contributed by atoms with E-state index >= 15 is 0 Å². The lowest BCUT2D eigenvalue weighted by Gasteiger charge is -2.19. The van der Waals surface area contributed by atoms with E-state index in [1.54, 1.807) is 0 Å². The molecule has 2 rings (SSSR count). The van der Waals surface area contributed by atoms with Crippen molar-refractivity contribution < 1.29 is 39.5 Å². The molecule has 1 aromatic heterocycles. The quantitative estimate of drug-likeness (QED) is 0.593. The summed E-state index contributed by atoms with van der Waals surface area (Å²) in [5.41, 5.74) is -4.11. The van der Waals surface area contributed by atoms with Crippen molar-refractivity contribution in [3.8, 4) is 5.69 Å². The van der Waals surface area contributed by atoms with Crippen molar-refractivity contribution in [3.63, 3.8) is 0 Å². The van der Waals surface area contributed by atoms with Crippen molar-refractivity contribution in [2.45, 2.75) is 18.5 Å². The minimum absolute atomic E-state index is 0.00640. The molecular weight excluding hydrogens is 385 g/mol. The van der Waals surface area contributed by atoms with E-state index < -0.39 is 52.3 Å². The molecule has 0 amide bonds. The summed E-state index contributed by atoms with van der Waals surface area (Å²) in [7, 11) is 0. The molecule has 2 N–H and O–H groups in total. The van der Waals surface area contributed by atoms with Crippen LogP contribution in [-0.4, -0.2) is 9.55 Å². The third-order valence-electron chi connectivity index (χ3n) is 3.11. The van der Waals surface area contributed by atoms with Gasteiger partial charge < -0.3 is 5.73 Å². The molecule has 1 heterocycles. The Bertz CT molecular complexity index is 894. The highest BCUT2D eigenvalue weighted by Gasteiger charge is 2.40. The summed E-state index contributed by atoms with van der Waals surface area (Å²) in [5, 5.41) is 0. The zero-order chi connectivity index (χ0) is 20.1. The Morgan fingerprint density at radius 1 is 0.846 bits per heavy atom. The van der Waals surface area contributed by atoms with Gasteiger partial charge in [-0.2, -0.15) is 39.5 Å². The van der Waals surface area contributed by atoms with Gasteiger partial charge in [0.2, 0.25) is 0 Å². The third kappa shape index (κ3) is 3.75. The van der Waals surface area contributed by atoms with Gasteiger partial charge in [0.25, 0.3) is 5.56 Å². The van der Waals surface area contributed by atoms with Crippen LogP contribution >= 0.6 is 0 Å². The Balaban J connectivity index is 2.80. The monoisotopic (exact) mass is 391 g/mol. The molecule has 142 valence electrons. The third-order valence-corrected chi connectivity index (χ3v) is 3.11. The molecule has 0 atom stereocenters. The largest absolute Gasteiger partial charge is 0.433 e. The molecule has 0 bridgehead atoms. The van der Waals surface area contributed by atoms with Gasteiger partial charge in [0.05, 0.1) is 22.5 Å². The van der Waals surface area contributed by atoms with Gasteiger partial charge in [-0.1, -0.05) is 0 Å². The number of nitrogens with two attached hydrogens (primary N) is 1. The highest BCUT2D eigenvalue weighted by Crippen LogP contribution is 2.41. The van der Waals surface area contributed by atoms with E-state index in [0.29, 0.717) is 0 Å². The van der Waals surface area contributed by atoms with E-state index in [9.17, 15) is 44.3 Å². The van der Waals surface area contributed by atoms with Crippen LogP contribution in [0.3, 0.4) is 0 Å². The predicted molar refractivity (Wildman–Crippen MR) is 69.3 cm³/mol. The Hall–Kier alpha value is -2.73. The first kappa shape index (κ1) is 19.6. The lowest BCUT2D eigenvalue weighted by molar-refractivity contribution is -0.143. The minimum Gasteiger partial charge on any atom is -0.397 e. The number of hydrogen-bond acceptors (Lipinski definition) is 3. The van der Waals surface area contributed by atoms with E-state index in [4.69, 9.17) is 5.73 Å². The number of rotatable bonds is 1. The molecule has 0 saturated heterocycles. The maximum Gasteiger partial charge on any atom is 0.433 e. The number of benzene rings is 1. The Morgan fingerprint density at radius 2 is 1.42 bits per heavy atom. The van der Waals surface area contributed by atoms with Crippen LogP contribution in [0.15, 0.2) is 29.3 Å². The molecule has 0 saturated carbocycles. The molecule has 1 aromatic carbocycles. The molecule has 2 aromatic rings. The fourth-order valence-electron chi connectivity index (χ4n) is 2.03. The molecule has 0 spiro atoms. The molecule has 0 aliphatic rings. The lowest BCUT2D eigenvalue weighted by Crippen LogP contribution is -2.26. The first-order valence-corrected chi connectivity index (χ1v) is 6.36. The van der Waals surface area contributed by atoms with Gasteiger partial charge in [0.1, 0.15) is 6.33 Å². The van der Waals surface area contributed by atoms with Crippen molar-refractivity contribution in [1.29, 1.82) is 0 Å². The van der Waals surface area contributed by atoms with Crippen molar-refractivity contribution in [3.05, 3.63) is 51.7 Å². The van der Waals surface area contributed by atoms with Gasteiger partial charge in [0.15, 0.2) is 5.69 Å². The number of halogens is 9. The standard InChI is InChI=1S/C13H6F9N3O/c14-11(15,16)5-1-6(12(17,18)19)10(7(23)2-5)25-4-24-8(3-9(25)26)13(20,21)22/h1-4H,23H2. The highest BCUT2D eigenvalue weighted by molar-refractivity contribution is 5.65. The fraction of sp³-hybridized carbons (Fsp3) is 0.231. The molecule has 4 nitrogen and oxygen atoms in total. The summed E-state index contributed by atoms with van der Waals surface area (Å²) in [6, 6.07) is -0.262. The number of aromatic nitrogens is 2. The summed E-state index contributed by atoms with van der Waals surface area (Å²) in [4.78, 5) is 14.6. The van der Waals surface area contributed by atoms with E-state index in [1.807, 2.05) is 0 Å². The maximum absolute atomic E-state index is 13.1. The Morgan fingerprint density at radius 3 is 1.85 bits per heavy atom. The van der Waals surface area contributed by atoms with Crippen LogP contribution in [0.1, 0.15) is 16.8 Å². The molecular formula is C13H6F9N3O. The second-order valence-corrected chi connectivity index (χ2v) is 4.94. The minimum atomic E-state index is -5.38. The molecule has 13 heteroatoms. The summed E-state index contributed by atoms with van der Waals surface area (Å²) in [6.45, 7) is 0. The van der Waals surface area contributed by atoms with Crippen LogP contribution < -0.4 is 11.3 Å². The second kappa shape index (κ2) is 5.92. The molecule has 26 heavy (non-hydrogen) atoms. The molecule has 0 radical (unpaired) electrons. The van der Waals surface area contributed by atoms with E-state index in [-0.39, 0.29) is 29.1 Å². The zero-order valence-corrected chi connectivity index (χ0v) is 12.1. The Labute approximate surface area is 137 Å². The Kier molecular flexibility index (Phi) is 4.46. The van der Waals surface area contributed by atoms with E-state index in [1.165, 1.54) is 0 Å². The van der Waals surface area contributed by atoms with Crippen molar-refractivity contribution in [2.75, 3.05) is 5.73 Å². The van der Waals surface area contributed by atoms with Crippen LogP contribution in [-0.2, 0) is 18.5 Å². The number of anilines is 1. The van der Waals surface area contributed by atoms with Crippen LogP contribution in [0.5, 0.6) is 0 Å². The molecule has 0 fully saturated rings. The summed E-state index contributed by atoms with van der Waals surface area (Å²) >= 11 is 0. The number of alkyl halides is 9. The number of nitrogens with zero attached hydrogens (tertiary/aromatic N) is 2. The average Bonchev–Trinajstić information content (AvgIpc) is 2.44. The number of hydrogen-bond donors (Lipinski definition) is 1. The highest BCUT2D eigenvalue weighted by atomic mass is 19.4. The van der Waals surface area contributed by atoms with Gasteiger partial charge in [-0.05, 0) is 12.1 Å². The zero-order valence-electron chi connectivity index (χ0n) is 12.1. The maximum atomic E-state index is 13.1. The molecule has 0 unspecified atom stereocenters. The average molecular weight is 391 g/mol. The van der Waals surface area contributed by atoms with Crippen LogP contribution in [0.4, 0.5) is 45.2 Å². The first-order chi connectivity index (χ1) is 11.6. The summed E-state index contributed by atoms with van der Waals surface area (Å²) in [6.07, 6.45) is -15.5. The van der Waals surface area contributed by atoms with Crippen LogP contribution in [0.25, 0.3) is 5.69 Å². The predicted octanol–water partition coefficient (Wildman–Crippen LogP) is 3.87. The van der Waals surface area contributed by atoms with Crippen LogP contribution in [0, 0.1) is 0 Å². The molecule has 0 aliphatic heterocycles. The fourth-order valence-corrected chi connectivity index (χ4v) is 2.03. The van der Waals surface area contributed by atoms with Crippen molar-refractivity contribution >= 4 is 5.69 Å². The van der Waals surface area contributed by atoms with Gasteiger partial charge in [-0.15, -0.1) is 0 Å². The first-order valence-electron chi connectivity index (χ1n) is 6.36. The van der Waals surface area contributed by atoms with Crippen molar-refractivity contribution in [2.24, 2.45) is 0 Å². The van der Waals surface area contributed by atoms with Crippen molar-refractivity contribution in [1.82, 2.24) is 9.55 Å². The second-order valence-electron chi connectivity index (χ2n) is 4.94. The van der Waals surface area contributed by atoms with E-state index in [0.717, 1.165) is 0 Å². The van der Waals surface area contributed by atoms with E-state index in [2.05, 4.69) is 4.98 Å². The number of nitrogen functional groups attached to an aromatic ring is 1. The molecule has 0 aliphatic carbocycles. The summed E-state index contributed by atoms with van der Waals surface area (Å²) < 4.78 is 115. The van der Waals surface area contributed by atoms with Crippen LogP contribution in [0.2, 0.25) is 0 Å². The van der Waals surface area contributed by atoms with Gasteiger partial charge in [-0.25, -0.2) is 4.98 Å².